The molecule has 1 heterocycles. The van der Waals surface area contributed by atoms with Crippen LogP contribution in [0.1, 0.15) is 42.5 Å². The van der Waals surface area contributed by atoms with E-state index >= 15 is 0 Å². The summed E-state index contributed by atoms with van der Waals surface area (Å²) in [5.74, 6) is 0.659. The van der Waals surface area contributed by atoms with Gasteiger partial charge in [-0.3, -0.25) is 9.89 Å². The fourth-order valence-electron chi connectivity index (χ4n) is 2.94. The van der Waals surface area contributed by atoms with Gasteiger partial charge >= 0.3 is 0 Å². The second-order valence-corrected chi connectivity index (χ2v) is 5.14. The lowest BCUT2D eigenvalue weighted by molar-refractivity contribution is 0.655. The number of rotatable bonds is 2. The Kier molecular flexibility index (Phi) is 2.62. The smallest absolute Gasteiger partial charge is 0.271 e. The Balaban J connectivity index is 2.10. The monoisotopic (exact) mass is 242 g/mol. The number of aromatic nitrogens is 2. The molecule has 0 saturated carbocycles. The van der Waals surface area contributed by atoms with Crippen molar-refractivity contribution in [2.24, 2.45) is 0 Å². The summed E-state index contributed by atoms with van der Waals surface area (Å²) in [5.41, 5.74) is 4.73. The molecule has 0 amide bonds. The summed E-state index contributed by atoms with van der Waals surface area (Å²) in [6.45, 7) is 4.14. The van der Waals surface area contributed by atoms with Crippen LogP contribution in [0.3, 0.4) is 0 Å². The molecule has 1 aromatic carbocycles. The van der Waals surface area contributed by atoms with Crippen molar-refractivity contribution in [2.75, 3.05) is 0 Å². The van der Waals surface area contributed by atoms with E-state index in [4.69, 9.17) is 0 Å². The van der Waals surface area contributed by atoms with Gasteiger partial charge in [-0.1, -0.05) is 13.0 Å². The molecular weight excluding hydrogens is 224 g/mol. The van der Waals surface area contributed by atoms with Gasteiger partial charge in [-0.2, -0.15) is 0 Å². The lowest BCUT2D eigenvalue weighted by Gasteiger charge is -2.10. The molecule has 3 heteroatoms. The molecule has 3 nitrogen and oxygen atoms in total. The van der Waals surface area contributed by atoms with E-state index in [9.17, 15) is 4.79 Å². The third kappa shape index (κ3) is 1.70. The number of fused-ring (bicyclic) bond motifs is 1. The van der Waals surface area contributed by atoms with Crippen LogP contribution >= 0.6 is 0 Å². The minimum atomic E-state index is 0.0125. The molecule has 1 unspecified atom stereocenters. The van der Waals surface area contributed by atoms with E-state index in [0.29, 0.717) is 5.92 Å². The second kappa shape index (κ2) is 4.16. The Morgan fingerprint density at radius 1 is 1.39 bits per heavy atom. The summed E-state index contributed by atoms with van der Waals surface area (Å²) in [4.78, 5) is 11.8. The van der Waals surface area contributed by atoms with Gasteiger partial charge in [0.05, 0.1) is 5.69 Å². The Morgan fingerprint density at radius 2 is 2.22 bits per heavy atom. The molecule has 0 saturated heterocycles. The zero-order chi connectivity index (χ0) is 12.7. The minimum absolute atomic E-state index is 0.0125. The Labute approximate surface area is 106 Å². The van der Waals surface area contributed by atoms with Crippen LogP contribution in [0.5, 0.6) is 0 Å². The van der Waals surface area contributed by atoms with Crippen LogP contribution in [0, 0.1) is 6.92 Å². The summed E-state index contributed by atoms with van der Waals surface area (Å²) in [6, 6.07) is 8.01. The van der Waals surface area contributed by atoms with Gasteiger partial charge in [0.25, 0.3) is 5.56 Å². The van der Waals surface area contributed by atoms with Gasteiger partial charge in [0.1, 0.15) is 0 Å². The predicted molar refractivity (Wildman–Crippen MR) is 72.5 cm³/mol. The maximum atomic E-state index is 11.8. The van der Waals surface area contributed by atoms with Crippen molar-refractivity contribution in [1.29, 1.82) is 0 Å². The lowest BCUT2D eigenvalue weighted by Crippen LogP contribution is -2.13. The molecule has 1 aliphatic rings. The average molecular weight is 242 g/mol. The zero-order valence-corrected chi connectivity index (χ0v) is 10.9. The van der Waals surface area contributed by atoms with E-state index in [2.05, 4.69) is 24.2 Å². The van der Waals surface area contributed by atoms with E-state index in [0.717, 1.165) is 11.4 Å². The summed E-state index contributed by atoms with van der Waals surface area (Å²) < 4.78 is 1.63. The maximum absolute atomic E-state index is 11.8. The van der Waals surface area contributed by atoms with Crippen molar-refractivity contribution in [3.05, 3.63) is 51.4 Å². The molecule has 2 aromatic rings. The molecule has 94 valence electrons. The molecule has 1 N–H and O–H groups in total. The van der Waals surface area contributed by atoms with Crippen molar-refractivity contribution in [3.8, 4) is 5.69 Å². The molecular formula is C15H18N2O. The van der Waals surface area contributed by atoms with Crippen LogP contribution in [0.4, 0.5) is 0 Å². The van der Waals surface area contributed by atoms with Gasteiger partial charge in [-0.15, -0.1) is 0 Å². The third-order valence-electron chi connectivity index (χ3n) is 3.93. The van der Waals surface area contributed by atoms with Gasteiger partial charge in [0.2, 0.25) is 0 Å². The highest BCUT2D eigenvalue weighted by atomic mass is 16.1. The fraction of sp³-hybridized carbons (Fsp3) is 0.400. The first-order valence-electron chi connectivity index (χ1n) is 6.61. The molecule has 0 bridgehead atoms. The standard InChI is InChI=1S/C15H18N2O/c1-3-11-4-5-12-6-7-13(9-14(11)12)17-15(18)8-10(2)16-17/h6-9,11,16H,3-5H2,1-2H3. The number of aryl methyl sites for hydroxylation is 2. The largest absolute Gasteiger partial charge is 0.295 e. The van der Waals surface area contributed by atoms with E-state index in [-0.39, 0.29) is 5.56 Å². The number of nitrogens with one attached hydrogen (secondary N) is 1. The van der Waals surface area contributed by atoms with Crippen LogP contribution < -0.4 is 5.56 Å². The summed E-state index contributed by atoms with van der Waals surface area (Å²) in [6.07, 6.45) is 3.59. The van der Waals surface area contributed by atoms with Crippen LogP contribution in [0.25, 0.3) is 5.69 Å². The number of aromatic amines is 1. The quantitative estimate of drug-likeness (QED) is 0.864. The fourth-order valence-corrected chi connectivity index (χ4v) is 2.94. The number of benzene rings is 1. The number of hydrogen-bond acceptors (Lipinski definition) is 1. The maximum Gasteiger partial charge on any atom is 0.271 e. The Bertz CT molecular complexity index is 636. The van der Waals surface area contributed by atoms with Crippen molar-refractivity contribution < 1.29 is 0 Å². The van der Waals surface area contributed by atoms with Gasteiger partial charge in [0, 0.05) is 11.8 Å². The predicted octanol–water partition coefficient (Wildman–Crippen LogP) is 2.91. The normalized spacial score (nSPS) is 18.0. The van der Waals surface area contributed by atoms with Gasteiger partial charge < -0.3 is 0 Å². The van der Waals surface area contributed by atoms with Crippen LogP contribution in [0.15, 0.2) is 29.1 Å². The molecule has 18 heavy (non-hydrogen) atoms. The van der Waals surface area contributed by atoms with E-state index in [1.807, 2.05) is 13.0 Å². The molecule has 1 aliphatic carbocycles. The third-order valence-corrected chi connectivity index (χ3v) is 3.93. The van der Waals surface area contributed by atoms with E-state index in [1.165, 1.54) is 30.4 Å². The van der Waals surface area contributed by atoms with Gasteiger partial charge in [-0.05, 0) is 55.4 Å². The highest BCUT2D eigenvalue weighted by Gasteiger charge is 2.21. The SMILES string of the molecule is CCC1CCc2ccc(-n3[nH]c(C)cc3=O)cc21. The van der Waals surface area contributed by atoms with Crippen molar-refractivity contribution in [2.45, 2.75) is 39.0 Å². The molecule has 1 aromatic heterocycles. The number of H-pyrrole nitrogens is 1. The molecule has 0 radical (unpaired) electrons. The van der Waals surface area contributed by atoms with Crippen molar-refractivity contribution >= 4 is 0 Å². The number of hydrogen-bond donors (Lipinski definition) is 1. The first-order chi connectivity index (χ1) is 8.69. The lowest BCUT2D eigenvalue weighted by atomic mass is 9.98. The molecule has 1 atom stereocenters. The zero-order valence-electron chi connectivity index (χ0n) is 10.9. The molecule has 3 rings (SSSR count). The summed E-state index contributed by atoms with van der Waals surface area (Å²) in [7, 11) is 0. The van der Waals surface area contributed by atoms with Crippen LogP contribution in [0.2, 0.25) is 0 Å². The molecule has 0 fully saturated rings. The summed E-state index contributed by atoms with van der Waals surface area (Å²) >= 11 is 0. The topological polar surface area (TPSA) is 37.8 Å². The summed E-state index contributed by atoms with van der Waals surface area (Å²) in [5, 5.41) is 3.09. The van der Waals surface area contributed by atoms with E-state index < -0.39 is 0 Å². The Morgan fingerprint density at radius 3 is 2.89 bits per heavy atom. The second-order valence-electron chi connectivity index (χ2n) is 5.14. The Hall–Kier alpha value is -1.77. The first-order valence-corrected chi connectivity index (χ1v) is 6.61. The van der Waals surface area contributed by atoms with E-state index in [1.54, 1.807) is 10.7 Å². The van der Waals surface area contributed by atoms with Crippen LogP contribution in [-0.2, 0) is 6.42 Å². The minimum Gasteiger partial charge on any atom is -0.295 e. The first kappa shape index (κ1) is 11.3. The van der Waals surface area contributed by atoms with Crippen molar-refractivity contribution in [1.82, 2.24) is 9.78 Å². The molecule has 0 spiro atoms. The average Bonchev–Trinajstić information content (AvgIpc) is 2.91. The van der Waals surface area contributed by atoms with Crippen LogP contribution in [-0.4, -0.2) is 9.78 Å². The highest BCUT2D eigenvalue weighted by molar-refractivity contribution is 5.44. The number of nitrogens with zero attached hydrogens (tertiary/aromatic N) is 1. The van der Waals surface area contributed by atoms with Gasteiger partial charge in [0.15, 0.2) is 0 Å². The molecule has 0 aliphatic heterocycles. The van der Waals surface area contributed by atoms with Crippen molar-refractivity contribution in [3.63, 3.8) is 0 Å². The highest BCUT2D eigenvalue weighted by Crippen LogP contribution is 2.36. The van der Waals surface area contributed by atoms with Gasteiger partial charge in [-0.25, -0.2) is 4.68 Å².